The van der Waals surface area contributed by atoms with Crippen molar-refractivity contribution < 1.29 is 46.7 Å². The molecule has 21 heavy (non-hydrogen) atoms. The smallest absolute Gasteiger partial charge is 0.399 e. The van der Waals surface area contributed by atoms with Crippen LogP contribution >= 0.6 is 0 Å². The van der Waals surface area contributed by atoms with Crippen molar-refractivity contribution in [3.63, 3.8) is 0 Å². The standard InChI is InChI=1S/C14H12NO4S.Na/c15-13-9-8-12(14(10-13)19-20(16,17)18)7-6-11-4-2-1-3-5-11;/h1-4,6-10H,15H2,(H,16,17,18);/q-1;+1/b7-6+;. The molecule has 5 nitrogen and oxygen atoms in total. The van der Waals surface area contributed by atoms with Crippen LogP contribution in [0, 0.1) is 6.07 Å². The van der Waals surface area contributed by atoms with Crippen LogP contribution in [0.25, 0.3) is 12.2 Å². The molecule has 0 atom stereocenters. The topological polar surface area (TPSA) is 89.6 Å². The predicted octanol–water partition coefficient (Wildman–Crippen LogP) is -0.575. The van der Waals surface area contributed by atoms with Crippen LogP contribution < -0.4 is 39.5 Å². The molecule has 0 saturated heterocycles. The van der Waals surface area contributed by atoms with Crippen molar-refractivity contribution in [1.82, 2.24) is 0 Å². The summed E-state index contributed by atoms with van der Waals surface area (Å²) in [5, 5.41) is 0. The molecule has 0 aliphatic carbocycles. The van der Waals surface area contributed by atoms with Gasteiger partial charge in [0.05, 0.1) is 0 Å². The summed E-state index contributed by atoms with van der Waals surface area (Å²) in [6.07, 6.45) is 3.38. The van der Waals surface area contributed by atoms with Crippen molar-refractivity contribution in [2.75, 3.05) is 5.73 Å². The minimum Gasteiger partial charge on any atom is -0.399 e. The quantitative estimate of drug-likeness (QED) is 0.259. The first-order valence-electron chi connectivity index (χ1n) is 5.65. The molecule has 7 heteroatoms. The molecule has 2 rings (SSSR count). The number of nitrogen functional groups attached to an aromatic ring is 1. The van der Waals surface area contributed by atoms with Crippen LogP contribution in [0.1, 0.15) is 11.1 Å². The average Bonchev–Trinajstić information content (AvgIpc) is 2.37. The maximum Gasteiger partial charge on any atom is 1.00 e. The third-order valence-electron chi connectivity index (χ3n) is 2.41. The Bertz CT molecular complexity index is 730. The first kappa shape index (κ1) is 17.7. The Labute approximate surface area is 145 Å². The first-order chi connectivity index (χ1) is 9.44. The Morgan fingerprint density at radius 2 is 1.95 bits per heavy atom. The Kier molecular flexibility index (Phi) is 6.44. The molecule has 0 aromatic heterocycles. The normalized spacial score (nSPS) is 11.1. The number of rotatable bonds is 4. The van der Waals surface area contributed by atoms with Gasteiger partial charge in [-0.25, -0.2) is 0 Å². The van der Waals surface area contributed by atoms with Crippen LogP contribution in [-0.4, -0.2) is 13.0 Å². The number of benzene rings is 2. The van der Waals surface area contributed by atoms with Gasteiger partial charge in [-0.3, -0.25) is 4.55 Å². The summed E-state index contributed by atoms with van der Waals surface area (Å²) in [5.74, 6) is -0.0420. The molecule has 2 aromatic rings. The van der Waals surface area contributed by atoms with E-state index in [4.69, 9.17) is 10.3 Å². The monoisotopic (exact) mass is 313 g/mol. The SMILES string of the molecule is Nc1ccc(/C=C/c2[c-]cccc2)c(OS(=O)(=O)O)c1.[Na+]. The van der Waals surface area contributed by atoms with Crippen molar-refractivity contribution >= 4 is 28.2 Å². The fourth-order valence-electron chi connectivity index (χ4n) is 1.56. The van der Waals surface area contributed by atoms with E-state index >= 15 is 0 Å². The summed E-state index contributed by atoms with van der Waals surface area (Å²) in [7, 11) is -4.60. The van der Waals surface area contributed by atoms with Crippen LogP contribution in [0.15, 0.2) is 42.5 Å². The zero-order chi connectivity index (χ0) is 14.6. The molecule has 0 heterocycles. The van der Waals surface area contributed by atoms with Gasteiger partial charge in [0.2, 0.25) is 0 Å². The maximum absolute atomic E-state index is 10.8. The van der Waals surface area contributed by atoms with E-state index in [9.17, 15) is 8.42 Å². The average molecular weight is 313 g/mol. The van der Waals surface area contributed by atoms with Crippen molar-refractivity contribution in [2.24, 2.45) is 0 Å². The van der Waals surface area contributed by atoms with Crippen LogP contribution in [-0.2, 0) is 10.4 Å². The van der Waals surface area contributed by atoms with Gasteiger partial charge in [-0.05, 0) is 12.1 Å². The van der Waals surface area contributed by atoms with Crippen LogP contribution in [0.4, 0.5) is 5.69 Å². The second-order valence-corrected chi connectivity index (χ2v) is 4.98. The summed E-state index contributed by atoms with van der Waals surface area (Å²) in [6.45, 7) is 0. The van der Waals surface area contributed by atoms with Crippen molar-refractivity contribution in [3.8, 4) is 5.75 Å². The summed E-state index contributed by atoms with van der Waals surface area (Å²) in [5.41, 5.74) is 7.18. The summed E-state index contributed by atoms with van der Waals surface area (Å²) >= 11 is 0. The van der Waals surface area contributed by atoms with Gasteiger partial charge in [0.1, 0.15) is 0 Å². The van der Waals surface area contributed by atoms with Crippen LogP contribution in [0.2, 0.25) is 0 Å². The van der Waals surface area contributed by atoms with E-state index < -0.39 is 10.4 Å². The number of hydrogen-bond donors (Lipinski definition) is 2. The number of nitrogens with two attached hydrogens (primary N) is 1. The molecule has 2 aromatic carbocycles. The zero-order valence-corrected chi connectivity index (χ0v) is 14.2. The molecule has 104 valence electrons. The van der Waals surface area contributed by atoms with Crippen molar-refractivity contribution in [1.29, 1.82) is 0 Å². The minimum absolute atomic E-state index is 0. The van der Waals surface area contributed by atoms with E-state index in [-0.39, 0.29) is 35.3 Å². The molecule has 0 unspecified atom stereocenters. The van der Waals surface area contributed by atoms with Gasteiger partial charge >= 0.3 is 40.0 Å². The van der Waals surface area contributed by atoms with E-state index in [1.54, 1.807) is 30.4 Å². The molecule has 0 saturated carbocycles. The molecule has 0 amide bonds. The van der Waals surface area contributed by atoms with Crippen LogP contribution in [0.3, 0.4) is 0 Å². The molecule has 0 radical (unpaired) electrons. The fraction of sp³-hybridized carbons (Fsp3) is 0. The summed E-state index contributed by atoms with van der Waals surface area (Å²) < 4.78 is 34.8. The number of anilines is 1. The van der Waals surface area contributed by atoms with E-state index in [2.05, 4.69) is 10.2 Å². The Balaban J connectivity index is 0.00000220. The third kappa shape index (κ3) is 5.91. The van der Waals surface area contributed by atoms with Gasteiger partial charge in [-0.15, -0.1) is 36.4 Å². The van der Waals surface area contributed by atoms with E-state index in [1.165, 1.54) is 6.07 Å². The van der Waals surface area contributed by atoms with E-state index in [0.29, 0.717) is 11.3 Å². The zero-order valence-electron chi connectivity index (χ0n) is 11.4. The molecule has 0 aliphatic rings. The van der Waals surface area contributed by atoms with Gasteiger partial charge in [-0.2, -0.15) is 14.0 Å². The van der Waals surface area contributed by atoms with Gasteiger partial charge in [0, 0.05) is 17.3 Å². The fourth-order valence-corrected chi connectivity index (χ4v) is 1.94. The van der Waals surface area contributed by atoms with Gasteiger partial charge in [0.25, 0.3) is 0 Å². The minimum atomic E-state index is -4.60. The molecule has 0 aliphatic heterocycles. The second kappa shape index (κ2) is 7.63. The van der Waals surface area contributed by atoms with Gasteiger partial charge < -0.3 is 9.92 Å². The molecule has 0 fully saturated rings. The number of hydrogen-bond acceptors (Lipinski definition) is 4. The van der Waals surface area contributed by atoms with E-state index in [1.807, 2.05) is 18.2 Å². The summed E-state index contributed by atoms with van der Waals surface area (Å²) in [4.78, 5) is 0. The molecule has 0 spiro atoms. The van der Waals surface area contributed by atoms with Crippen molar-refractivity contribution in [3.05, 3.63) is 59.7 Å². The predicted molar refractivity (Wildman–Crippen MR) is 77.2 cm³/mol. The van der Waals surface area contributed by atoms with Crippen LogP contribution in [0.5, 0.6) is 5.75 Å². The molecule has 0 bridgehead atoms. The maximum atomic E-state index is 10.8. The van der Waals surface area contributed by atoms with Gasteiger partial charge in [0.15, 0.2) is 5.75 Å². The third-order valence-corrected chi connectivity index (χ3v) is 2.80. The Morgan fingerprint density at radius 1 is 1.19 bits per heavy atom. The second-order valence-electron chi connectivity index (χ2n) is 3.96. The summed E-state index contributed by atoms with van der Waals surface area (Å²) in [6, 6.07) is 14.8. The molecular formula is C14H12NNaO4S. The van der Waals surface area contributed by atoms with Gasteiger partial charge in [-0.1, -0.05) is 6.08 Å². The van der Waals surface area contributed by atoms with Crippen molar-refractivity contribution in [2.45, 2.75) is 0 Å². The molecular weight excluding hydrogens is 301 g/mol. The Morgan fingerprint density at radius 3 is 2.57 bits per heavy atom. The largest absolute Gasteiger partial charge is 1.00 e. The first-order valence-corrected chi connectivity index (χ1v) is 7.02. The Hall–Kier alpha value is -1.31. The van der Waals surface area contributed by atoms with E-state index in [0.717, 1.165) is 5.56 Å². The molecule has 3 N–H and O–H groups in total.